The molecular formula is C13H10BrF2NO3S. The van der Waals surface area contributed by atoms with E-state index in [9.17, 15) is 17.2 Å². The van der Waals surface area contributed by atoms with Crippen molar-refractivity contribution in [2.45, 2.75) is 4.90 Å². The Morgan fingerprint density at radius 1 is 1.14 bits per heavy atom. The summed E-state index contributed by atoms with van der Waals surface area (Å²) in [6.07, 6.45) is 0. The second-order valence-corrected chi connectivity index (χ2v) is 6.56. The molecule has 0 bridgehead atoms. The number of rotatable bonds is 4. The van der Waals surface area contributed by atoms with Gasteiger partial charge in [-0.2, -0.15) is 0 Å². The van der Waals surface area contributed by atoms with Crippen molar-refractivity contribution in [2.24, 2.45) is 0 Å². The van der Waals surface area contributed by atoms with Crippen LogP contribution in [0.1, 0.15) is 0 Å². The lowest BCUT2D eigenvalue weighted by molar-refractivity contribution is 0.402. The summed E-state index contributed by atoms with van der Waals surface area (Å²) in [7, 11) is -2.91. The first kappa shape index (κ1) is 15.7. The van der Waals surface area contributed by atoms with Crippen LogP contribution in [-0.4, -0.2) is 15.5 Å². The average molecular weight is 378 g/mol. The highest BCUT2D eigenvalue weighted by Gasteiger charge is 2.23. The van der Waals surface area contributed by atoms with E-state index in [0.29, 0.717) is 4.47 Å². The predicted molar refractivity (Wildman–Crippen MR) is 77.9 cm³/mol. The number of methoxy groups -OCH3 is 1. The molecule has 2 aromatic carbocycles. The SMILES string of the molecule is COc1ccc(Br)cc1S(=O)(=O)Nc1c(F)cccc1F. The van der Waals surface area contributed by atoms with Gasteiger partial charge in [0.1, 0.15) is 28.0 Å². The van der Waals surface area contributed by atoms with Crippen molar-refractivity contribution in [1.82, 2.24) is 0 Å². The molecule has 0 fully saturated rings. The Labute approximate surface area is 128 Å². The summed E-state index contributed by atoms with van der Waals surface area (Å²) in [6, 6.07) is 7.35. The number of halogens is 3. The van der Waals surface area contributed by atoms with Crippen molar-refractivity contribution in [1.29, 1.82) is 0 Å². The van der Waals surface area contributed by atoms with Gasteiger partial charge in [-0.05, 0) is 30.3 Å². The zero-order chi connectivity index (χ0) is 15.6. The van der Waals surface area contributed by atoms with E-state index in [1.807, 2.05) is 4.72 Å². The molecule has 0 saturated carbocycles. The predicted octanol–water partition coefficient (Wildman–Crippen LogP) is 3.54. The summed E-state index contributed by atoms with van der Waals surface area (Å²) >= 11 is 3.14. The van der Waals surface area contributed by atoms with E-state index in [1.165, 1.54) is 19.2 Å². The molecule has 0 amide bonds. The number of sulfonamides is 1. The maximum absolute atomic E-state index is 13.6. The van der Waals surface area contributed by atoms with E-state index in [2.05, 4.69) is 15.9 Å². The molecule has 0 radical (unpaired) electrons. The fourth-order valence-electron chi connectivity index (χ4n) is 1.65. The van der Waals surface area contributed by atoms with E-state index in [-0.39, 0.29) is 10.6 Å². The molecule has 0 unspecified atom stereocenters. The second kappa shape index (κ2) is 5.98. The van der Waals surface area contributed by atoms with Gasteiger partial charge in [0, 0.05) is 4.47 Å². The summed E-state index contributed by atoms with van der Waals surface area (Å²) in [5, 5.41) is 0. The molecule has 1 N–H and O–H groups in total. The Morgan fingerprint density at radius 3 is 2.33 bits per heavy atom. The van der Waals surface area contributed by atoms with Crippen LogP contribution >= 0.6 is 15.9 Å². The van der Waals surface area contributed by atoms with Crippen LogP contribution in [0.3, 0.4) is 0 Å². The van der Waals surface area contributed by atoms with Crippen LogP contribution in [0.4, 0.5) is 14.5 Å². The number of anilines is 1. The third-order valence-corrected chi connectivity index (χ3v) is 4.48. The van der Waals surface area contributed by atoms with Gasteiger partial charge in [0.15, 0.2) is 0 Å². The van der Waals surface area contributed by atoms with E-state index < -0.39 is 27.3 Å². The van der Waals surface area contributed by atoms with Gasteiger partial charge < -0.3 is 4.74 Å². The molecule has 2 rings (SSSR count). The standard InChI is InChI=1S/C13H10BrF2NO3S/c1-20-11-6-5-8(14)7-12(11)21(18,19)17-13-9(15)3-2-4-10(13)16/h2-7,17H,1H3. The van der Waals surface area contributed by atoms with Gasteiger partial charge in [0.2, 0.25) is 0 Å². The molecule has 0 heterocycles. The molecule has 21 heavy (non-hydrogen) atoms. The Hall–Kier alpha value is -1.67. The average Bonchev–Trinajstić information content (AvgIpc) is 2.43. The molecule has 2 aromatic rings. The van der Waals surface area contributed by atoms with Crippen LogP contribution in [0.15, 0.2) is 45.8 Å². The lowest BCUT2D eigenvalue weighted by Crippen LogP contribution is -2.16. The summed E-state index contributed by atoms with van der Waals surface area (Å²) in [4.78, 5) is -0.234. The Morgan fingerprint density at radius 2 is 1.76 bits per heavy atom. The van der Waals surface area contributed by atoms with Gasteiger partial charge in [0.05, 0.1) is 7.11 Å². The molecule has 0 atom stereocenters. The molecule has 0 spiro atoms. The van der Waals surface area contributed by atoms with E-state index >= 15 is 0 Å². The van der Waals surface area contributed by atoms with Crippen molar-refractivity contribution in [3.63, 3.8) is 0 Å². The van der Waals surface area contributed by atoms with Gasteiger partial charge in [-0.15, -0.1) is 0 Å². The highest BCUT2D eigenvalue weighted by Crippen LogP contribution is 2.30. The number of hydrogen-bond donors (Lipinski definition) is 1. The summed E-state index contributed by atoms with van der Waals surface area (Å²) < 4.78 is 59.0. The molecule has 8 heteroatoms. The van der Waals surface area contributed by atoms with Crippen molar-refractivity contribution < 1.29 is 21.9 Å². The Balaban J connectivity index is 2.51. The molecule has 4 nitrogen and oxygen atoms in total. The first-order valence-electron chi connectivity index (χ1n) is 5.65. The smallest absolute Gasteiger partial charge is 0.265 e. The third kappa shape index (κ3) is 3.33. The Bertz CT molecular complexity index is 761. The lowest BCUT2D eigenvalue weighted by atomic mass is 10.3. The number of benzene rings is 2. The minimum Gasteiger partial charge on any atom is -0.495 e. The van der Waals surface area contributed by atoms with Gasteiger partial charge in [-0.1, -0.05) is 22.0 Å². The van der Waals surface area contributed by atoms with Crippen LogP contribution in [0.2, 0.25) is 0 Å². The van der Waals surface area contributed by atoms with Gasteiger partial charge in [-0.3, -0.25) is 4.72 Å². The number of ether oxygens (including phenoxy) is 1. The topological polar surface area (TPSA) is 55.4 Å². The number of nitrogens with one attached hydrogen (secondary N) is 1. The highest BCUT2D eigenvalue weighted by atomic mass is 79.9. The summed E-state index contributed by atoms with van der Waals surface area (Å²) in [5.74, 6) is -1.96. The largest absolute Gasteiger partial charge is 0.495 e. The molecule has 112 valence electrons. The molecular weight excluding hydrogens is 368 g/mol. The number of para-hydroxylation sites is 1. The molecule has 0 aromatic heterocycles. The van der Waals surface area contributed by atoms with Crippen molar-refractivity contribution in [3.05, 3.63) is 52.5 Å². The van der Waals surface area contributed by atoms with Crippen LogP contribution in [-0.2, 0) is 10.0 Å². The van der Waals surface area contributed by atoms with E-state index in [0.717, 1.165) is 18.2 Å². The van der Waals surface area contributed by atoms with Gasteiger partial charge in [0.25, 0.3) is 10.0 Å². The van der Waals surface area contributed by atoms with Crippen LogP contribution in [0, 0.1) is 11.6 Å². The van der Waals surface area contributed by atoms with E-state index in [1.54, 1.807) is 6.07 Å². The maximum atomic E-state index is 13.6. The molecule has 0 aliphatic heterocycles. The normalized spacial score (nSPS) is 11.2. The first-order chi connectivity index (χ1) is 9.85. The third-order valence-electron chi connectivity index (χ3n) is 2.61. The first-order valence-corrected chi connectivity index (χ1v) is 7.93. The fourth-order valence-corrected chi connectivity index (χ4v) is 3.43. The van der Waals surface area contributed by atoms with Crippen molar-refractivity contribution >= 4 is 31.6 Å². The monoisotopic (exact) mass is 377 g/mol. The Kier molecular flexibility index (Phi) is 4.48. The zero-order valence-corrected chi connectivity index (χ0v) is 13.1. The lowest BCUT2D eigenvalue weighted by Gasteiger charge is -2.13. The van der Waals surface area contributed by atoms with Crippen molar-refractivity contribution in [3.8, 4) is 5.75 Å². The van der Waals surface area contributed by atoms with Gasteiger partial charge >= 0.3 is 0 Å². The number of hydrogen-bond acceptors (Lipinski definition) is 3. The van der Waals surface area contributed by atoms with Crippen LogP contribution in [0.5, 0.6) is 5.75 Å². The zero-order valence-electron chi connectivity index (χ0n) is 10.7. The van der Waals surface area contributed by atoms with Crippen LogP contribution < -0.4 is 9.46 Å². The summed E-state index contributed by atoms with van der Waals surface area (Å²) in [5.41, 5.74) is -0.737. The minimum absolute atomic E-state index is 0.0578. The van der Waals surface area contributed by atoms with Crippen molar-refractivity contribution in [2.75, 3.05) is 11.8 Å². The maximum Gasteiger partial charge on any atom is 0.265 e. The fraction of sp³-hybridized carbons (Fsp3) is 0.0769. The van der Waals surface area contributed by atoms with Crippen LogP contribution in [0.25, 0.3) is 0 Å². The van der Waals surface area contributed by atoms with E-state index in [4.69, 9.17) is 4.74 Å². The second-order valence-electron chi connectivity index (χ2n) is 4.00. The molecule has 0 aliphatic rings. The minimum atomic E-state index is -4.21. The highest BCUT2D eigenvalue weighted by molar-refractivity contribution is 9.10. The molecule has 0 saturated heterocycles. The summed E-state index contributed by atoms with van der Waals surface area (Å²) in [6.45, 7) is 0. The quantitative estimate of drug-likeness (QED) is 0.886. The molecule has 0 aliphatic carbocycles. The van der Waals surface area contributed by atoms with Gasteiger partial charge in [-0.25, -0.2) is 17.2 Å².